The van der Waals surface area contributed by atoms with Gasteiger partial charge in [-0.05, 0) is 152 Å². The minimum Gasteiger partial charge on any atom is -0.444 e. The van der Waals surface area contributed by atoms with E-state index in [1.807, 2.05) is 19.0 Å². The van der Waals surface area contributed by atoms with E-state index in [2.05, 4.69) is 46.7 Å². The number of aromatic nitrogens is 2. The summed E-state index contributed by atoms with van der Waals surface area (Å²) in [5.41, 5.74) is 0.478. The van der Waals surface area contributed by atoms with Crippen LogP contribution >= 0.6 is 0 Å². The molecule has 1 saturated heterocycles. The number of ether oxygens (including phenoxy) is 1. The lowest BCUT2D eigenvalue weighted by atomic mass is 9.44. The van der Waals surface area contributed by atoms with Gasteiger partial charge in [0.15, 0.2) is 0 Å². The monoisotopic (exact) mass is 796 g/mol. The second-order valence-corrected chi connectivity index (χ2v) is 20.4. The maximum atomic E-state index is 14.3. The van der Waals surface area contributed by atoms with Gasteiger partial charge in [0.05, 0.1) is 18.1 Å². The Hall–Kier alpha value is -3.19. The molecule has 1 aromatic heterocycles. The number of carbonyl (C=O) groups is 4. The zero-order valence-corrected chi connectivity index (χ0v) is 36.1. The summed E-state index contributed by atoms with van der Waals surface area (Å²) in [6, 6.07) is -2.25. The van der Waals surface area contributed by atoms with Crippen LogP contribution in [0.15, 0.2) is 12.5 Å². The van der Waals surface area contributed by atoms with Crippen molar-refractivity contribution in [2.75, 3.05) is 33.7 Å². The quantitative estimate of drug-likeness (QED) is 0.185. The van der Waals surface area contributed by atoms with E-state index in [0.29, 0.717) is 53.8 Å². The second kappa shape index (κ2) is 17.6. The summed E-state index contributed by atoms with van der Waals surface area (Å²) in [5.74, 6) is 3.20. The molecule has 5 N–H and O–H groups in total. The lowest BCUT2D eigenvalue weighted by molar-refractivity contribution is -0.140. The molecule has 5 unspecified atom stereocenters. The van der Waals surface area contributed by atoms with Crippen molar-refractivity contribution >= 4 is 23.8 Å². The summed E-state index contributed by atoms with van der Waals surface area (Å²) in [5, 5.41) is 19.4. The van der Waals surface area contributed by atoms with Crippen molar-refractivity contribution in [1.29, 1.82) is 0 Å². The highest BCUT2D eigenvalue weighted by molar-refractivity contribution is 5.92. The van der Waals surface area contributed by atoms with Gasteiger partial charge in [-0.1, -0.05) is 20.8 Å². The number of likely N-dealkylation sites (N-methyl/N-ethyl adjacent to an activating group) is 1. The van der Waals surface area contributed by atoms with Gasteiger partial charge in [-0.15, -0.1) is 0 Å². The summed E-state index contributed by atoms with van der Waals surface area (Å²) in [7, 11) is 3.86. The number of hydrogen-bond acceptors (Lipinski definition) is 8. The minimum absolute atomic E-state index is 0.0537. The molecule has 0 aromatic carbocycles. The topological polar surface area (TPSA) is 169 Å². The highest BCUT2D eigenvalue weighted by Crippen LogP contribution is 2.68. The number of aliphatic hydroxyl groups is 1. The molecule has 5 aliphatic rings. The van der Waals surface area contributed by atoms with E-state index in [0.717, 1.165) is 37.0 Å². The van der Waals surface area contributed by atoms with Crippen molar-refractivity contribution in [1.82, 2.24) is 35.7 Å². The third-order valence-corrected chi connectivity index (χ3v) is 15.3. The summed E-state index contributed by atoms with van der Waals surface area (Å²) >= 11 is 0. The number of H-pyrrole nitrogens is 1. The largest absolute Gasteiger partial charge is 0.444 e. The number of alkyl carbamates (subject to hydrolysis) is 1. The normalized spacial score (nSPS) is 34.7. The first-order valence-corrected chi connectivity index (χ1v) is 22.1. The number of nitrogens with one attached hydrogen (secondary N) is 4. The molecule has 57 heavy (non-hydrogen) atoms. The Labute approximate surface area is 341 Å². The number of rotatable bonds is 13. The first-order valence-electron chi connectivity index (χ1n) is 22.1. The lowest BCUT2D eigenvalue weighted by Crippen LogP contribution is -2.55. The summed E-state index contributed by atoms with van der Waals surface area (Å²) in [6.07, 6.45) is 14.7. The van der Waals surface area contributed by atoms with Gasteiger partial charge in [0, 0.05) is 44.7 Å². The zero-order chi connectivity index (χ0) is 41.3. The molecule has 5 fully saturated rings. The van der Waals surface area contributed by atoms with Crippen LogP contribution in [0.1, 0.15) is 124 Å². The fourth-order valence-corrected chi connectivity index (χ4v) is 12.5. The molecule has 12 atom stereocenters. The number of imidazole rings is 1. The third kappa shape index (κ3) is 9.82. The van der Waals surface area contributed by atoms with Gasteiger partial charge in [-0.2, -0.15) is 0 Å². The molecule has 0 radical (unpaired) electrons. The zero-order valence-electron chi connectivity index (χ0n) is 36.1. The van der Waals surface area contributed by atoms with Crippen LogP contribution in [-0.4, -0.2) is 112 Å². The molecule has 4 aliphatic carbocycles. The Balaban J connectivity index is 1.08. The SMILES string of the molecule is C[C@H](CCC(=O)N[C@H]1C[C@@H](C(=O)NCCN(C)C)N(C(=O)C(Cc2c[nH]cn2)NC(=O)OC(C)(C)C)C1)[C@H]1CCC2C3CCC4C[C@H](O)CC[C@]4(C)C3CC[C@@]21C. The number of amides is 4. The van der Waals surface area contributed by atoms with Crippen LogP contribution < -0.4 is 16.0 Å². The Morgan fingerprint density at radius 1 is 1.04 bits per heavy atom. The number of carbonyl (C=O) groups excluding carboxylic acids is 4. The smallest absolute Gasteiger partial charge is 0.408 e. The second-order valence-electron chi connectivity index (χ2n) is 20.4. The van der Waals surface area contributed by atoms with E-state index < -0.39 is 35.7 Å². The Kier molecular flexibility index (Phi) is 13.4. The molecular formula is C44H73N7O6. The summed E-state index contributed by atoms with van der Waals surface area (Å²) in [6.45, 7) is 13.9. The number of aromatic amines is 1. The van der Waals surface area contributed by atoms with Crippen molar-refractivity contribution in [3.63, 3.8) is 0 Å². The maximum absolute atomic E-state index is 14.3. The number of fused-ring (bicyclic) bond motifs is 5. The molecule has 13 heteroatoms. The average molecular weight is 796 g/mol. The fraction of sp³-hybridized carbons (Fsp3) is 0.841. The molecule has 1 aromatic rings. The predicted molar refractivity (Wildman–Crippen MR) is 219 cm³/mol. The van der Waals surface area contributed by atoms with Crippen molar-refractivity contribution in [2.45, 2.75) is 155 Å². The van der Waals surface area contributed by atoms with Gasteiger partial charge in [0.1, 0.15) is 17.7 Å². The number of hydrogen-bond donors (Lipinski definition) is 5. The van der Waals surface area contributed by atoms with E-state index in [4.69, 9.17) is 4.74 Å². The molecule has 0 spiro atoms. The predicted octanol–water partition coefficient (Wildman–Crippen LogP) is 5.05. The van der Waals surface area contributed by atoms with Crippen LogP contribution in [0.2, 0.25) is 0 Å². The van der Waals surface area contributed by atoms with Gasteiger partial charge in [-0.3, -0.25) is 14.4 Å². The molecule has 0 bridgehead atoms. The third-order valence-electron chi connectivity index (χ3n) is 15.3. The molecule has 1 aliphatic heterocycles. The number of nitrogens with zero attached hydrogens (tertiary/aromatic N) is 3. The lowest BCUT2D eigenvalue weighted by Gasteiger charge is -2.61. The highest BCUT2D eigenvalue weighted by atomic mass is 16.6. The molecule has 4 saturated carbocycles. The Morgan fingerprint density at radius 2 is 1.77 bits per heavy atom. The van der Waals surface area contributed by atoms with Gasteiger partial charge in [-0.25, -0.2) is 9.78 Å². The summed E-state index contributed by atoms with van der Waals surface area (Å²) < 4.78 is 5.49. The fourth-order valence-electron chi connectivity index (χ4n) is 12.5. The molecular weight excluding hydrogens is 723 g/mol. The van der Waals surface area contributed by atoms with Crippen LogP contribution in [-0.2, 0) is 25.5 Å². The van der Waals surface area contributed by atoms with E-state index in [1.54, 1.807) is 27.0 Å². The van der Waals surface area contributed by atoms with Crippen molar-refractivity contribution < 1.29 is 29.0 Å². The van der Waals surface area contributed by atoms with Crippen LogP contribution in [0.3, 0.4) is 0 Å². The molecule has 320 valence electrons. The van der Waals surface area contributed by atoms with Gasteiger partial charge in [0.25, 0.3) is 0 Å². The van der Waals surface area contributed by atoms with Crippen molar-refractivity contribution in [3.8, 4) is 0 Å². The van der Waals surface area contributed by atoms with E-state index in [1.165, 1.54) is 56.2 Å². The van der Waals surface area contributed by atoms with Gasteiger partial charge in [0.2, 0.25) is 17.7 Å². The summed E-state index contributed by atoms with van der Waals surface area (Å²) in [4.78, 5) is 65.2. The van der Waals surface area contributed by atoms with Crippen LogP contribution in [0.25, 0.3) is 0 Å². The minimum atomic E-state index is -1.03. The molecule has 13 nitrogen and oxygen atoms in total. The van der Waals surface area contributed by atoms with Crippen LogP contribution in [0.4, 0.5) is 4.79 Å². The van der Waals surface area contributed by atoms with Crippen LogP contribution in [0.5, 0.6) is 0 Å². The van der Waals surface area contributed by atoms with Crippen molar-refractivity contribution in [2.24, 2.45) is 46.3 Å². The van der Waals surface area contributed by atoms with E-state index in [-0.39, 0.29) is 37.3 Å². The van der Waals surface area contributed by atoms with Crippen LogP contribution in [0, 0.1) is 46.3 Å². The van der Waals surface area contributed by atoms with E-state index in [9.17, 15) is 24.3 Å². The van der Waals surface area contributed by atoms with Crippen molar-refractivity contribution in [3.05, 3.63) is 18.2 Å². The van der Waals surface area contributed by atoms with E-state index >= 15 is 0 Å². The first kappa shape index (κ1) is 43.4. The average Bonchev–Trinajstić information content (AvgIpc) is 3.88. The standard InChI is InChI=1S/C44H73N7O6/c1-27(33-12-13-34-32-11-10-28-21-31(52)15-17-43(28,5)35(32)16-18-44(33,34)6)9-14-38(53)48-30-23-37(39(54)46-19-20-50(7)8)51(25-30)40(55)36(22-29-24-45-26-47-29)49-41(56)57-42(2,3)4/h24,26-28,30-37,52H,9-23,25H2,1-8H3,(H,45,47)(H,46,54)(H,48,53)(H,49,56)/t27-,28?,30+,31-,32?,33-,34?,35?,36?,37+,43+,44-/m1/s1. The maximum Gasteiger partial charge on any atom is 0.408 e. The van der Waals surface area contributed by atoms with Gasteiger partial charge < -0.3 is 40.6 Å². The first-order chi connectivity index (χ1) is 26.9. The number of aliphatic hydroxyl groups excluding tert-OH is 1. The number of likely N-dealkylation sites (tertiary alicyclic amines) is 1. The van der Waals surface area contributed by atoms with Gasteiger partial charge >= 0.3 is 6.09 Å². The molecule has 2 heterocycles. The molecule has 4 amide bonds. The Bertz CT molecular complexity index is 1560. The molecule has 6 rings (SSSR count). The highest BCUT2D eigenvalue weighted by Gasteiger charge is 2.60. The Morgan fingerprint density at radius 3 is 2.47 bits per heavy atom.